The molecule has 0 unspecified atom stereocenters. The van der Waals surface area contributed by atoms with E-state index in [2.05, 4.69) is 10.1 Å². The number of benzene rings is 1. The number of rotatable bonds is 5. The first-order valence-corrected chi connectivity index (χ1v) is 9.56. The molecule has 10 heteroatoms. The molecule has 0 atom stereocenters. The average molecular weight is 432 g/mol. The van der Waals surface area contributed by atoms with Crippen LogP contribution in [-0.4, -0.2) is 49.1 Å². The van der Waals surface area contributed by atoms with Crippen LogP contribution in [0.5, 0.6) is 11.5 Å². The zero-order chi connectivity index (χ0) is 22.5. The summed E-state index contributed by atoms with van der Waals surface area (Å²) in [6.45, 7) is 5.96. The third-order valence-corrected chi connectivity index (χ3v) is 4.47. The largest absolute Gasteiger partial charge is 0.573 e. The SMILES string of the molecule is COc1ccc(CNC(=O)C2CCN(C(=O)OC(C)(C)C)CC2)c(OC(F)(F)F)c1. The van der Waals surface area contributed by atoms with Crippen molar-refractivity contribution in [3.8, 4) is 11.5 Å². The molecule has 0 bridgehead atoms. The zero-order valence-corrected chi connectivity index (χ0v) is 17.5. The molecule has 0 aliphatic carbocycles. The van der Waals surface area contributed by atoms with Gasteiger partial charge in [-0.1, -0.05) is 0 Å². The number of nitrogens with one attached hydrogen (secondary N) is 1. The van der Waals surface area contributed by atoms with Gasteiger partial charge < -0.3 is 24.4 Å². The topological polar surface area (TPSA) is 77.1 Å². The zero-order valence-electron chi connectivity index (χ0n) is 17.5. The van der Waals surface area contributed by atoms with E-state index in [9.17, 15) is 22.8 Å². The van der Waals surface area contributed by atoms with Crippen molar-refractivity contribution in [2.45, 2.75) is 52.1 Å². The van der Waals surface area contributed by atoms with Crippen molar-refractivity contribution in [2.75, 3.05) is 20.2 Å². The monoisotopic (exact) mass is 432 g/mol. The number of carbonyl (C=O) groups is 2. The molecule has 0 radical (unpaired) electrons. The fourth-order valence-corrected chi connectivity index (χ4v) is 3.00. The van der Waals surface area contributed by atoms with E-state index in [1.165, 1.54) is 19.2 Å². The summed E-state index contributed by atoms with van der Waals surface area (Å²) < 4.78 is 52.3. The smallest absolute Gasteiger partial charge is 0.497 e. The Bertz CT molecular complexity index is 754. The number of carbonyl (C=O) groups excluding carboxylic acids is 2. The van der Waals surface area contributed by atoms with E-state index in [-0.39, 0.29) is 29.7 Å². The predicted molar refractivity (Wildman–Crippen MR) is 102 cm³/mol. The first-order valence-electron chi connectivity index (χ1n) is 9.56. The maximum Gasteiger partial charge on any atom is 0.573 e. The van der Waals surface area contributed by atoms with Gasteiger partial charge in [0.1, 0.15) is 17.1 Å². The third-order valence-electron chi connectivity index (χ3n) is 4.47. The molecule has 1 heterocycles. The van der Waals surface area contributed by atoms with Crippen LogP contribution in [0.1, 0.15) is 39.2 Å². The molecule has 168 valence electrons. The molecular formula is C20H27F3N2O5. The maximum absolute atomic E-state index is 12.7. The second kappa shape index (κ2) is 9.44. The van der Waals surface area contributed by atoms with E-state index < -0.39 is 23.8 Å². The van der Waals surface area contributed by atoms with Gasteiger partial charge in [0, 0.05) is 37.2 Å². The van der Waals surface area contributed by atoms with Crippen molar-refractivity contribution in [3.63, 3.8) is 0 Å². The molecule has 7 nitrogen and oxygen atoms in total. The molecule has 2 rings (SSSR count). The molecule has 1 aromatic carbocycles. The fourth-order valence-electron chi connectivity index (χ4n) is 3.00. The predicted octanol–water partition coefficient (Wildman–Crippen LogP) is 3.86. The van der Waals surface area contributed by atoms with Crippen molar-refractivity contribution in [2.24, 2.45) is 5.92 Å². The van der Waals surface area contributed by atoms with Gasteiger partial charge in [0.05, 0.1) is 7.11 Å². The van der Waals surface area contributed by atoms with Gasteiger partial charge in [-0.2, -0.15) is 0 Å². The highest BCUT2D eigenvalue weighted by molar-refractivity contribution is 5.79. The second-order valence-corrected chi connectivity index (χ2v) is 7.98. The van der Waals surface area contributed by atoms with Crippen LogP contribution < -0.4 is 14.8 Å². The Morgan fingerprint density at radius 3 is 2.33 bits per heavy atom. The minimum Gasteiger partial charge on any atom is -0.497 e. The van der Waals surface area contributed by atoms with Crippen molar-refractivity contribution in [1.82, 2.24) is 10.2 Å². The van der Waals surface area contributed by atoms with Gasteiger partial charge in [-0.3, -0.25) is 4.79 Å². The van der Waals surface area contributed by atoms with Gasteiger partial charge in [-0.25, -0.2) is 4.79 Å². The van der Waals surface area contributed by atoms with E-state index in [0.29, 0.717) is 25.9 Å². The van der Waals surface area contributed by atoms with Crippen molar-refractivity contribution in [3.05, 3.63) is 23.8 Å². The molecule has 1 fully saturated rings. The number of amides is 2. The molecule has 1 aromatic rings. The van der Waals surface area contributed by atoms with Crippen LogP contribution in [0.3, 0.4) is 0 Å². The van der Waals surface area contributed by atoms with Crippen molar-refractivity contribution >= 4 is 12.0 Å². The number of likely N-dealkylation sites (tertiary alicyclic amines) is 1. The molecule has 2 amide bonds. The number of alkyl halides is 3. The van der Waals surface area contributed by atoms with Crippen LogP contribution >= 0.6 is 0 Å². The summed E-state index contributed by atoms with van der Waals surface area (Å²) in [5, 5.41) is 2.65. The number of hydrogen-bond donors (Lipinski definition) is 1. The Kier molecular flexibility index (Phi) is 7.44. The standard InChI is InChI=1S/C20H27F3N2O5/c1-19(2,3)30-18(27)25-9-7-13(8-10-25)17(26)24-12-14-5-6-15(28-4)11-16(14)29-20(21,22)23/h5-6,11,13H,7-10,12H2,1-4H3,(H,24,26). The molecule has 1 N–H and O–H groups in total. The Balaban J connectivity index is 1.92. The van der Waals surface area contributed by atoms with Gasteiger partial charge in [0.25, 0.3) is 0 Å². The van der Waals surface area contributed by atoms with E-state index in [1.54, 1.807) is 25.7 Å². The summed E-state index contributed by atoms with van der Waals surface area (Å²) in [7, 11) is 1.33. The Hall–Kier alpha value is -2.65. The highest BCUT2D eigenvalue weighted by Gasteiger charge is 2.33. The number of nitrogens with zero attached hydrogens (tertiary/aromatic N) is 1. The first kappa shape index (κ1) is 23.6. The van der Waals surface area contributed by atoms with E-state index >= 15 is 0 Å². The van der Waals surface area contributed by atoms with Crippen molar-refractivity contribution in [1.29, 1.82) is 0 Å². The molecule has 1 aliphatic heterocycles. The number of piperidine rings is 1. The lowest BCUT2D eigenvalue weighted by atomic mass is 9.96. The van der Waals surface area contributed by atoms with Crippen molar-refractivity contribution < 1.29 is 37.0 Å². The lowest BCUT2D eigenvalue weighted by Gasteiger charge is -2.33. The highest BCUT2D eigenvalue weighted by Crippen LogP contribution is 2.30. The van der Waals surface area contributed by atoms with Crippen LogP contribution in [-0.2, 0) is 16.1 Å². The summed E-state index contributed by atoms with van der Waals surface area (Å²) in [6, 6.07) is 4.02. The second-order valence-electron chi connectivity index (χ2n) is 7.98. The van der Waals surface area contributed by atoms with E-state index in [0.717, 1.165) is 6.07 Å². The van der Waals surface area contributed by atoms with Crippen LogP contribution in [0.4, 0.5) is 18.0 Å². The van der Waals surface area contributed by atoms with Gasteiger partial charge in [-0.15, -0.1) is 13.2 Å². The Morgan fingerprint density at radius 2 is 1.80 bits per heavy atom. The molecule has 1 aliphatic rings. The Morgan fingerprint density at radius 1 is 1.17 bits per heavy atom. The van der Waals surface area contributed by atoms with E-state index in [1.807, 2.05) is 0 Å². The molecule has 0 spiro atoms. The minimum atomic E-state index is -4.86. The quantitative estimate of drug-likeness (QED) is 0.765. The minimum absolute atomic E-state index is 0.124. The van der Waals surface area contributed by atoms with Gasteiger partial charge >= 0.3 is 12.5 Å². The maximum atomic E-state index is 12.7. The lowest BCUT2D eigenvalue weighted by molar-refractivity contribution is -0.274. The molecular weight excluding hydrogens is 405 g/mol. The Labute approximate surface area is 173 Å². The fraction of sp³-hybridized carbons (Fsp3) is 0.600. The summed E-state index contributed by atoms with van der Waals surface area (Å²) in [4.78, 5) is 26.1. The average Bonchev–Trinajstić information content (AvgIpc) is 2.64. The van der Waals surface area contributed by atoms with Crippen LogP contribution in [0.25, 0.3) is 0 Å². The highest BCUT2D eigenvalue weighted by atomic mass is 19.4. The number of hydrogen-bond acceptors (Lipinski definition) is 5. The van der Waals surface area contributed by atoms with Crippen LogP contribution in [0, 0.1) is 5.92 Å². The molecule has 0 saturated carbocycles. The normalized spacial score (nSPS) is 15.5. The van der Waals surface area contributed by atoms with Crippen LogP contribution in [0.2, 0.25) is 0 Å². The molecule has 30 heavy (non-hydrogen) atoms. The van der Waals surface area contributed by atoms with Gasteiger partial charge in [0.15, 0.2) is 0 Å². The van der Waals surface area contributed by atoms with Crippen LogP contribution in [0.15, 0.2) is 18.2 Å². The number of halogens is 3. The lowest BCUT2D eigenvalue weighted by Crippen LogP contribution is -2.44. The van der Waals surface area contributed by atoms with E-state index in [4.69, 9.17) is 9.47 Å². The van der Waals surface area contributed by atoms with Gasteiger partial charge in [0.2, 0.25) is 5.91 Å². The summed E-state index contributed by atoms with van der Waals surface area (Å²) in [6.07, 6.45) is -4.40. The van der Waals surface area contributed by atoms with Gasteiger partial charge in [-0.05, 0) is 45.7 Å². The molecule has 0 aromatic heterocycles. The summed E-state index contributed by atoms with van der Waals surface area (Å²) >= 11 is 0. The summed E-state index contributed by atoms with van der Waals surface area (Å²) in [5.41, 5.74) is -0.424. The summed E-state index contributed by atoms with van der Waals surface area (Å²) in [5.74, 6) is -0.845. The first-order chi connectivity index (χ1) is 13.9. The number of ether oxygens (including phenoxy) is 3. The molecule has 1 saturated heterocycles. The number of methoxy groups -OCH3 is 1. The third kappa shape index (κ3) is 7.31.